The van der Waals surface area contributed by atoms with Crippen LogP contribution in [0.1, 0.15) is 27.2 Å². The number of nitrogens with zero attached hydrogens (tertiary/aromatic N) is 3. The van der Waals surface area contributed by atoms with E-state index in [1.54, 1.807) is 0 Å². The third-order valence-electron chi connectivity index (χ3n) is 6.18. The highest BCUT2D eigenvalue weighted by molar-refractivity contribution is 7.92. The predicted molar refractivity (Wildman–Crippen MR) is 142 cm³/mol. The first-order chi connectivity index (χ1) is 18.5. The quantitative estimate of drug-likeness (QED) is 0.175. The molecule has 2 aromatic heterocycles. The molecule has 0 amide bonds. The van der Waals surface area contributed by atoms with Crippen molar-refractivity contribution in [1.82, 2.24) is 9.55 Å². The lowest BCUT2D eigenvalue weighted by atomic mass is 10.0. The van der Waals surface area contributed by atoms with Gasteiger partial charge in [0, 0.05) is 12.0 Å². The summed E-state index contributed by atoms with van der Waals surface area (Å²) in [6.07, 6.45) is 1.98. The number of aromatic hydroxyl groups is 1. The Kier molecular flexibility index (Phi) is 7.05. The van der Waals surface area contributed by atoms with Gasteiger partial charge in [-0.25, -0.2) is 17.8 Å². The number of esters is 1. The Balaban J connectivity index is 1.29. The number of aromatic nitrogens is 2. The largest absolute Gasteiger partial charge is 0.507 e. The number of sulfone groups is 1. The molecule has 202 valence electrons. The van der Waals surface area contributed by atoms with Gasteiger partial charge in [0.05, 0.1) is 19.4 Å². The zero-order chi connectivity index (χ0) is 27.9. The van der Waals surface area contributed by atoms with E-state index in [4.69, 9.17) is 21.1 Å². The summed E-state index contributed by atoms with van der Waals surface area (Å²) in [6, 6.07) is 11.0. The molecule has 1 aliphatic heterocycles. The van der Waals surface area contributed by atoms with Gasteiger partial charge in [-0.2, -0.15) is 0 Å². The van der Waals surface area contributed by atoms with E-state index in [9.17, 15) is 28.4 Å². The average molecular weight is 590 g/mol. The Morgan fingerprint density at radius 2 is 2.08 bits per heavy atom. The van der Waals surface area contributed by atoms with Gasteiger partial charge in [0.25, 0.3) is 0 Å². The molecule has 3 heterocycles. The molecular weight excluding hydrogens is 570 g/mol. The van der Waals surface area contributed by atoms with Gasteiger partial charge in [-0.15, -0.1) is 11.3 Å². The van der Waals surface area contributed by atoms with Crippen LogP contribution < -0.4 is 4.74 Å². The fourth-order valence-corrected chi connectivity index (χ4v) is 7.32. The SMILES string of the molecule is Cn1c(COC(=O)c2ccc(CS(=O)(=O)c3cc(-c4ccc5c(c4)CCO5)c(Cl)s3)cc2O)cnc1[N+](=O)[O-]. The van der Waals surface area contributed by atoms with Crippen LogP contribution in [0.3, 0.4) is 0 Å². The number of carbonyl (C=O) groups excluding carboxylic acids is 1. The van der Waals surface area contributed by atoms with Crippen LogP contribution in [0.15, 0.2) is 52.9 Å². The van der Waals surface area contributed by atoms with E-state index in [2.05, 4.69) is 4.98 Å². The molecule has 0 bridgehead atoms. The number of fused-ring (bicyclic) bond motifs is 1. The van der Waals surface area contributed by atoms with Crippen LogP contribution in [0.5, 0.6) is 11.5 Å². The van der Waals surface area contributed by atoms with Crippen molar-refractivity contribution in [1.29, 1.82) is 0 Å². The molecule has 0 atom stereocenters. The summed E-state index contributed by atoms with van der Waals surface area (Å²) >= 11 is 7.36. The van der Waals surface area contributed by atoms with Crippen molar-refractivity contribution in [3.05, 3.63) is 85.5 Å². The molecule has 5 rings (SSSR count). The monoisotopic (exact) mass is 589 g/mol. The molecule has 0 saturated carbocycles. The number of phenols is 1. The highest BCUT2D eigenvalue weighted by Gasteiger charge is 2.24. The molecule has 1 N–H and O–H groups in total. The Hall–Kier alpha value is -3.94. The van der Waals surface area contributed by atoms with Crippen LogP contribution in [0, 0.1) is 10.1 Å². The summed E-state index contributed by atoms with van der Waals surface area (Å²) < 4.78 is 38.6. The number of nitro groups is 1. The highest BCUT2D eigenvalue weighted by atomic mass is 35.5. The number of carbonyl (C=O) groups is 1. The summed E-state index contributed by atoms with van der Waals surface area (Å²) in [5.74, 6) is -1.38. The Morgan fingerprint density at radius 1 is 1.28 bits per heavy atom. The number of hydrogen-bond acceptors (Lipinski definition) is 10. The van der Waals surface area contributed by atoms with E-state index in [0.29, 0.717) is 16.5 Å². The van der Waals surface area contributed by atoms with E-state index in [1.807, 2.05) is 18.2 Å². The topological polar surface area (TPSA) is 151 Å². The molecule has 0 fully saturated rings. The van der Waals surface area contributed by atoms with Crippen molar-refractivity contribution in [3.63, 3.8) is 0 Å². The summed E-state index contributed by atoms with van der Waals surface area (Å²) in [6.45, 7) is 0.290. The van der Waals surface area contributed by atoms with Crippen molar-refractivity contribution in [2.75, 3.05) is 6.61 Å². The zero-order valence-corrected chi connectivity index (χ0v) is 22.7. The molecule has 0 radical (unpaired) electrons. The normalized spacial score (nSPS) is 12.7. The maximum atomic E-state index is 13.2. The number of thiophene rings is 1. The average Bonchev–Trinajstić information content (AvgIpc) is 3.60. The third-order valence-corrected chi connectivity index (χ3v) is 9.79. The molecular formula is C25H20ClN3O8S2. The Bertz CT molecular complexity index is 1730. The van der Waals surface area contributed by atoms with Crippen molar-refractivity contribution in [3.8, 4) is 22.6 Å². The van der Waals surface area contributed by atoms with Crippen molar-refractivity contribution >= 4 is 44.7 Å². The minimum absolute atomic E-state index is 0.0764. The Labute approximate surface area is 231 Å². The summed E-state index contributed by atoms with van der Waals surface area (Å²) in [4.78, 5) is 26.4. The lowest BCUT2D eigenvalue weighted by Gasteiger charge is -2.08. The summed E-state index contributed by atoms with van der Waals surface area (Å²) in [5.41, 5.74) is 2.79. The van der Waals surface area contributed by atoms with Gasteiger partial charge in [-0.1, -0.05) is 28.7 Å². The van der Waals surface area contributed by atoms with Crippen LogP contribution in [-0.4, -0.2) is 40.6 Å². The van der Waals surface area contributed by atoms with Crippen LogP contribution >= 0.6 is 22.9 Å². The number of imidazole rings is 1. The minimum Gasteiger partial charge on any atom is -0.507 e. The number of hydrogen-bond donors (Lipinski definition) is 1. The van der Waals surface area contributed by atoms with Gasteiger partial charge < -0.3 is 24.7 Å². The molecule has 2 aromatic carbocycles. The molecule has 0 aliphatic carbocycles. The minimum atomic E-state index is -3.82. The van der Waals surface area contributed by atoms with E-state index in [-0.39, 0.29) is 27.6 Å². The second kappa shape index (κ2) is 10.3. The van der Waals surface area contributed by atoms with Crippen molar-refractivity contribution < 1.29 is 32.7 Å². The molecule has 4 aromatic rings. The maximum absolute atomic E-state index is 13.2. The van der Waals surface area contributed by atoms with E-state index in [0.717, 1.165) is 34.6 Å². The second-order valence-electron chi connectivity index (χ2n) is 8.73. The molecule has 0 unspecified atom stereocenters. The third kappa shape index (κ3) is 5.33. The molecule has 1 aliphatic rings. The molecule has 0 saturated heterocycles. The Morgan fingerprint density at radius 3 is 2.79 bits per heavy atom. The molecule has 0 spiro atoms. The number of phenolic OH excluding ortho intramolecular Hbond substituents is 1. The van der Waals surface area contributed by atoms with Gasteiger partial charge in [0.1, 0.15) is 38.4 Å². The van der Waals surface area contributed by atoms with E-state index >= 15 is 0 Å². The first kappa shape index (κ1) is 26.7. The fraction of sp³-hybridized carbons (Fsp3) is 0.200. The van der Waals surface area contributed by atoms with Crippen molar-refractivity contribution in [2.45, 2.75) is 23.0 Å². The van der Waals surface area contributed by atoms with E-state index < -0.39 is 38.2 Å². The van der Waals surface area contributed by atoms with Crippen LogP contribution in [-0.2, 0) is 40.4 Å². The van der Waals surface area contributed by atoms with Crippen LogP contribution in [0.2, 0.25) is 4.34 Å². The second-order valence-corrected chi connectivity index (χ2v) is 12.6. The first-order valence-electron chi connectivity index (χ1n) is 11.5. The number of ether oxygens (including phenoxy) is 2. The van der Waals surface area contributed by atoms with Gasteiger partial charge in [-0.05, 0) is 51.9 Å². The number of rotatable bonds is 8. The number of halogens is 1. The summed E-state index contributed by atoms with van der Waals surface area (Å²) in [5, 5.41) is 21.3. The van der Waals surface area contributed by atoms with Crippen LogP contribution in [0.25, 0.3) is 11.1 Å². The zero-order valence-electron chi connectivity index (χ0n) is 20.3. The standard InChI is InChI=1S/C25H20ClN3O8S2/c1-28-17(11-27-25(28)29(32)33)12-37-24(31)18-4-2-14(8-20(18)30)13-39(34,35)22-10-19(23(26)38-22)15-3-5-21-16(9-15)6-7-36-21/h2-5,8-11,30H,6-7,12-13H2,1H3. The number of benzene rings is 2. The highest BCUT2D eigenvalue weighted by Crippen LogP contribution is 2.41. The van der Waals surface area contributed by atoms with E-state index in [1.165, 1.54) is 42.1 Å². The van der Waals surface area contributed by atoms with Crippen molar-refractivity contribution in [2.24, 2.45) is 7.05 Å². The van der Waals surface area contributed by atoms with Gasteiger partial charge in [0.2, 0.25) is 0 Å². The molecule has 14 heteroatoms. The molecule has 39 heavy (non-hydrogen) atoms. The lowest BCUT2D eigenvalue weighted by Crippen LogP contribution is -2.09. The van der Waals surface area contributed by atoms with Gasteiger partial charge in [-0.3, -0.25) is 0 Å². The van der Waals surface area contributed by atoms with Gasteiger partial charge in [0.15, 0.2) is 15.5 Å². The maximum Gasteiger partial charge on any atom is 0.434 e. The first-order valence-corrected chi connectivity index (χ1v) is 14.3. The lowest BCUT2D eigenvalue weighted by molar-refractivity contribution is -0.396. The predicted octanol–water partition coefficient (Wildman–Crippen LogP) is 4.68. The van der Waals surface area contributed by atoms with Gasteiger partial charge >= 0.3 is 11.9 Å². The van der Waals surface area contributed by atoms with Crippen LogP contribution in [0.4, 0.5) is 5.95 Å². The summed E-state index contributed by atoms with van der Waals surface area (Å²) in [7, 11) is -2.41. The fourth-order valence-electron chi connectivity index (χ4n) is 4.14. The molecule has 11 nitrogen and oxygen atoms in total. The smallest absolute Gasteiger partial charge is 0.434 e.